The van der Waals surface area contributed by atoms with E-state index in [-0.39, 0.29) is 6.04 Å². The van der Waals surface area contributed by atoms with E-state index in [1.54, 1.807) is 0 Å². The number of alkyl halides is 2. The third-order valence-electron chi connectivity index (χ3n) is 1.86. The van der Waals surface area contributed by atoms with E-state index >= 15 is 0 Å². The Morgan fingerprint density at radius 2 is 2.00 bits per heavy atom. The van der Waals surface area contributed by atoms with Gasteiger partial charge in [0.1, 0.15) is 0 Å². The van der Waals surface area contributed by atoms with Gasteiger partial charge in [0, 0.05) is 0 Å². The van der Waals surface area contributed by atoms with Crippen LogP contribution in [0.25, 0.3) is 0 Å². The van der Waals surface area contributed by atoms with Gasteiger partial charge in [-0.05, 0) is 28.4 Å². The Balaban J connectivity index is 2.59. The number of hydrogen-bond donors (Lipinski definition) is 1. The zero-order valence-corrected chi connectivity index (χ0v) is 9.29. The predicted octanol–water partition coefficient (Wildman–Crippen LogP) is 2.55. The summed E-state index contributed by atoms with van der Waals surface area (Å²) in [7, 11) is 0. The van der Waals surface area contributed by atoms with E-state index in [1.807, 2.05) is 37.3 Å². The number of nitrogens with one attached hydrogen (secondary N) is 1. The monoisotopic (exact) mass is 259 g/mol. The van der Waals surface area contributed by atoms with Crippen molar-refractivity contribution in [3.63, 3.8) is 0 Å². The molecule has 76 valence electrons. The fourth-order valence-corrected chi connectivity index (χ4v) is 1.23. The largest absolute Gasteiger partial charge is 0.346 e. The van der Waals surface area contributed by atoms with Crippen LogP contribution in [0, 0.1) is 0 Å². The van der Waals surface area contributed by atoms with Crippen LogP contribution in [0.4, 0.5) is 4.39 Å². The summed E-state index contributed by atoms with van der Waals surface area (Å²) in [5.41, 5.74) is 0.953. The molecule has 0 aliphatic carbocycles. The smallest absolute Gasteiger partial charge is 0.266 e. The lowest BCUT2D eigenvalue weighted by atomic mass is 10.1. The van der Waals surface area contributed by atoms with Gasteiger partial charge in [-0.15, -0.1) is 0 Å². The Bertz CT molecular complexity index is 302. The van der Waals surface area contributed by atoms with E-state index < -0.39 is 11.0 Å². The second kappa shape index (κ2) is 5.10. The SMILES string of the molecule is C[C@H](NC(=O)[C@@H](F)Br)c1ccccc1. The van der Waals surface area contributed by atoms with E-state index in [9.17, 15) is 9.18 Å². The van der Waals surface area contributed by atoms with Crippen molar-refractivity contribution in [2.24, 2.45) is 0 Å². The first-order chi connectivity index (χ1) is 6.61. The highest BCUT2D eigenvalue weighted by atomic mass is 79.9. The number of halogens is 2. The minimum absolute atomic E-state index is 0.181. The minimum Gasteiger partial charge on any atom is -0.346 e. The topological polar surface area (TPSA) is 29.1 Å². The molecule has 0 heterocycles. The van der Waals surface area contributed by atoms with E-state index in [0.717, 1.165) is 5.56 Å². The van der Waals surface area contributed by atoms with Crippen LogP contribution in [0.15, 0.2) is 30.3 Å². The lowest BCUT2D eigenvalue weighted by molar-refractivity contribution is -0.123. The lowest BCUT2D eigenvalue weighted by Gasteiger charge is -2.13. The van der Waals surface area contributed by atoms with Crippen molar-refractivity contribution in [2.45, 2.75) is 18.0 Å². The maximum absolute atomic E-state index is 12.5. The molecule has 1 N–H and O–H groups in total. The maximum Gasteiger partial charge on any atom is 0.266 e. The van der Waals surface area contributed by atoms with Gasteiger partial charge < -0.3 is 5.32 Å². The normalized spacial score (nSPS) is 14.5. The van der Waals surface area contributed by atoms with Crippen LogP contribution >= 0.6 is 15.9 Å². The summed E-state index contributed by atoms with van der Waals surface area (Å²) in [4.78, 5) is 11.0. The third kappa shape index (κ3) is 3.10. The molecule has 2 atom stereocenters. The molecule has 0 spiro atoms. The van der Waals surface area contributed by atoms with E-state index in [0.29, 0.717) is 0 Å². The molecule has 0 aliphatic rings. The second-order valence-electron chi connectivity index (χ2n) is 2.94. The molecule has 0 aromatic heterocycles. The van der Waals surface area contributed by atoms with Crippen molar-refractivity contribution in [3.8, 4) is 0 Å². The van der Waals surface area contributed by atoms with Crippen LogP contribution in [0.5, 0.6) is 0 Å². The Hall–Kier alpha value is -0.900. The van der Waals surface area contributed by atoms with Gasteiger partial charge in [-0.3, -0.25) is 4.79 Å². The molecule has 1 amide bonds. The molecule has 14 heavy (non-hydrogen) atoms. The number of benzene rings is 1. The summed E-state index contributed by atoms with van der Waals surface area (Å²) < 4.78 is 12.5. The van der Waals surface area contributed by atoms with Crippen LogP contribution in [0.2, 0.25) is 0 Å². The standard InChI is InChI=1S/C10H11BrFNO/c1-7(13-10(14)9(11)12)8-5-3-2-4-6-8/h2-7,9H,1H3,(H,13,14)/t7-,9+/m0/s1. The summed E-state index contributed by atoms with van der Waals surface area (Å²) in [5.74, 6) is -0.652. The van der Waals surface area contributed by atoms with E-state index in [1.165, 1.54) is 0 Å². The predicted molar refractivity (Wildman–Crippen MR) is 56.8 cm³/mol. The Kier molecular flexibility index (Phi) is 4.07. The van der Waals surface area contributed by atoms with Crippen molar-refractivity contribution in [1.29, 1.82) is 0 Å². The van der Waals surface area contributed by atoms with Gasteiger partial charge in [-0.2, -0.15) is 0 Å². The number of carbonyl (C=O) groups excluding carboxylic acids is 1. The molecule has 1 aromatic carbocycles. The highest BCUT2D eigenvalue weighted by Crippen LogP contribution is 2.12. The van der Waals surface area contributed by atoms with E-state index in [4.69, 9.17) is 0 Å². The van der Waals surface area contributed by atoms with Crippen molar-refractivity contribution in [3.05, 3.63) is 35.9 Å². The summed E-state index contributed by atoms with van der Waals surface area (Å²) in [6.45, 7) is 1.81. The lowest BCUT2D eigenvalue weighted by Crippen LogP contribution is -2.31. The summed E-state index contributed by atoms with van der Waals surface area (Å²) in [6.07, 6.45) is 0. The molecule has 1 rings (SSSR count). The summed E-state index contributed by atoms with van der Waals surface area (Å²) >= 11 is 2.56. The van der Waals surface area contributed by atoms with Gasteiger partial charge in [-0.25, -0.2) is 4.39 Å². The molecule has 0 radical (unpaired) electrons. The van der Waals surface area contributed by atoms with Gasteiger partial charge in [0.15, 0.2) is 0 Å². The molecule has 0 aliphatic heterocycles. The number of rotatable bonds is 3. The van der Waals surface area contributed by atoms with Crippen molar-refractivity contribution in [2.75, 3.05) is 0 Å². The molecular weight excluding hydrogens is 249 g/mol. The number of hydrogen-bond acceptors (Lipinski definition) is 1. The van der Waals surface area contributed by atoms with Gasteiger partial charge >= 0.3 is 0 Å². The molecule has 0 fully saturated rings. The zero-order valence-electron chi connectivity index (χ0n) is 7.71. The first-order valence-electron chi connectivity index (χ1n) is 4.24. The van der Waals surface area contributed by atoms with Gasteiger partial charge in [0.05, 0.1) is 6.04 Å². The first kappa shape index (κ1) is 11.2. The fraction of sp³-hybridized carbons (Fsp3) is 0.300. The highest BCUT2D eigenvalue weighted by Gasteiger charge is 2.15. The van der Waals surface area contributed by atoms with Gasteiger partial charge in [0.25, 0.3) is 5.91 Å². The molecule has 0 saturated heterocycles. The van der Waals surface area contributed by atoms with Crippen LogP contribution < -0.4 is 5.32 Å². The Morgan fingerprint density at radius 3 is 2.50 bits per heavy atom. The average molecular weight is 260 g/mol. The van der Waals surface area contributed by atoms with Crippen molar-refractivity contribution in [1.82, 2.24) is 5.32 Å². The fourth-order valence-electron chi connectivity index (χ4n) is 1.10. The van der Waals surface area contributed by atoms with Crippen molar-refractivity contribution >= 4 is 21.8 Å². The van der Waals surface area contributed by atoms with Gasteiger partial charge in [0.2, 0.25) is 5.08 Å². The quantitative estimate of drug-likeness (QED) is 0.831. The first-order valence-corrected chi connectivity index (χ1v) is 5.16. The van der Waals surface area contributed by atoms with Crippen molar-refractivity contribution < 1.29 is 9.18 Å². The highest BCUT2D eigenvalue weighted by molar-refractivity contribution is 9.09. The molecule has 0 saturated carbocycles. The van der Waals surface area contributed by atoms with E-state index in [2.05, 4.69) is 21.2 Å². The number of amides is 1. The molecule has 2 nitrogen and oxygen atoms in total. The van der Waals surface area contributed by atoms with Gasteiger partial charge in [-0.1, -0.05) is 30.3 Å². The Morgan fingerprint density at radius 1 is 1.43 bits per heavy atom. The van der Waals surface area contributed by atoms with Crippen LogP contribution in [0.1, 0.15) is 18.5 Å². The summed E-state index contributed by atoms with van der Waals surface area (Å²) in [5, 5.41) is 0.890. The second-order valence-corrected chi connectivity index (χ2v) is 3.75. The third-order valence-corrected chi connectivity index (χ3v) is 2.27. The molecule has 4 heteroatoms. The zero-order chi connectivity index (χ0) is 10.6. The molecule has 0 unspecified atom stereocenters. The summed E-state index contributed by atoms with van der Waals surface area (Å²) in [6, 6.07) is 9.22. The number of carbonyl (C=O) groups is 1. The van der Waals surface area contributed by atoms with Crippen LogP contribution in [0.3, 0.4) is 0 Å². The Labute approximate surface area is 90.6 Å². The molecule has 1 aromatic rings. The minimum atomic E-state index is -1.64. The van der Waals surface area contributed by atoms with Crippen LogP contribution in [-0.2, 0) is 4.79 Å². The average Bonchev–Trinajstić information content (AvgIpc) is 2.19. The molecule has 0 bridgehead atoms. The maximum atomic E-state index is 12.5. The van der Waals surface area contributed by atoms with Crippen LogP contribution in [-0.4, -0.2) is 11.0 Å². The molecular formula is C10H11BrFNO.